The van der Waals surface area contributed by atoms with E-state index in [1.807, 2.05) is 0 Å². The molecule has 0 saturated carbocycles. The van der Waals surface area contributed by atoms with Gasteiger partial charge in [-0.1, -0.05) is 12.2 Å². The normalized spacial score (nSPS) is 19.2. The highest BCUT2D eigenvalue weighted by molar-refractivity contribution is 7.80. The average Bonchev–Trinajstić information content (AvgIpc) is 2.04. The monoisotopic (exact) mass is 202 g/mol. The predicted octanol–water partition coefficient (Wildman–Crippen LogP) is 0.631. The maximum absolute atomic E-state index is 5.46. The molecule has 0 aliphatic carbocycles. The van der Waals surface area contributed by atoms with Crippen LogP contribution >= 0.6 is 12.2 Å². The van der Waals surface area contributed by atoms with Gasteiger partial charge < -0.3 is 10.5 Å². The van der Waals surface area contributed by atoms with Gasteiger partial charge in [-0.3, -0.25) is 4.90 Å². The Bertz CT molecular complexity index is 169. The minimum absolute atomic E-state index is 0.578. The van der Waals surface area contributed by atoms with Crippen molar-refractivity contribution >= 4 is 17.2 Å². The van der Waals surface area contributed by atoms with Crippen molar-refractivity contribution in [2.24, 2.45) is 11.7 Å². The van der Waals surface area contributed by atoms with Crippen molar-refractivity contribution in [2.45, 2.75) is 12.8 Å². The Morgan fingerprint density at radius 2 is 2.15 bits per heavy atom. The molecule has 1 aliphatic rings. The molecule has 0 unspecified atom stereocenters. The van der Waals surface area contributed by atoms with Gasteiger partial charge in [0.05, 0.1) is 4.99 Å². The third-order valence-corrected chi connectivity index (χ3v) is 2.47. The van der Waals surface area contributed by atoms with E-state index in [4.69, 9.17) is 22.7 Å². The Hall–Kier alpha value is -0.190. The molecule has 1 rings (SSSR count). The summed E-state index contributed by atoms with van der Waals surface area (Å²) in [5, 5.41) is 0. The zero-order valence-electron chi connectivity index (χ0n) is 8.16. The van der Waals surface area contributed by atoms with Gasteiger partial charge in [-0.15, -0.1) is 0 Å². The maximum atomic E-state index is 5.46. The van der Waals surface area contributed by atoms with E-state index in [-0.39, 0.29) is 0 Å². The molecule has 0 spiro atoms. The van der Waals surface area contributed by atoms with Crippen molar-refractivity contribution in [1.29, 1.82) is 0 Å². The topological polar surface area (TPSA) is 38.5 Å². The molecule has 0 aromatic heterocycles. The van der Waals surface area contributed by atoms with Gasteiger partial charge in [-0.05, 0) is 25.8 Å². The minimum Gasteiger partial charge on any atom is -0.392 e. The lowest BCUT2D eigenvalue weighted by atomic mass is 10.00. The molecule has 0 atom stereocenters. The van der Waals surface area contributed by atoms with Crippen molar-refractivity contribution < 1.29 is 4.74 Å². The number of rotatable bonds is 4. The second kappa shape index (κ2) is 5.52. The lowest BCUT2D eigenvalue weighted by Crippen LogP contribution is -2.35. The summed E-state index contributed by atoms with van der Waals surface area (Å²) in [6.45, 7) is 3.63. The van der Waals surface area contributed by atoms with Gasteiger partial charge in [-0.2, -0.15) is 0 Å². The molecule has 4 heteroatoms. The van der Waals surface area contributed by atoms with Gasteiger partial charge in [0.2, 0.25) is 0 Å². The SMILES string of the molecule is CN(CC(N)=S)CC1CCOCC1. The van der Waals surface area contributed by atoms with Crippen LogP contribution in [0.15, 0.2) is 0 Å². The number of ether oxygens (including phenoxy) is 1. The van der Waals surface area contributed by atoms with Crippen molar-refractivity contribution in [1.82, 2.24) is 4.90 Å². The number of likely N-dealkylation sites (N-methyl/N-ethyl adjacent to an activating group) is 1. The molecule has 0 amide bonds. The second-order valence-corrected chi connectivity index (χ2v) is 4.24. The number of hydrogen-bond acceptors (Lipinski definition) is 3. The highest BCUT2D eigenvalue weighted by Gasteiger charge is 2.15. The largest absolute Gasteiger partial charge is 0.392 e. The van der Waals surface area contributed by atoms with E-state index in [9.17, 15) is 0 Å². The predicted molar refractivity (Wildman–Crippen MR) is 57.8 cm³/mol. The minimum atomic E-state index is 0.578. The number of nitrogens with two attached hydrogens (primary N) is 1. The fourth-order valence-corrected chi connectivity index (χ4v) is 1.92. The fraction of sp³-hybridized carbons (Fsp3) is 0.889. The van der Waals surface area contributed by atoms with Gasteiger partial charge >= 0.3 is 0 Å². The first-order valence-corrected chi connectivity index (χ1v) is 5.14. The highest BCUT2D eigenvalue weighted by atomic mass is 32.1. The third-order valence-electron chi connectivity index (χ3n) is 2.34. The molecule has 1 aliphatic heterocycles. The molecule has 2 N–H and O–H groups in total. The van der Waals surface area contributed by atoms with E-state index in [0.29, 0.717) is 4.99 Å². The van der Waals surface area contributed by atoms with E-state index < -0.39 is 0 Å². The van der Waals surface area contributed by atoms with Crippen molar-refractivity contribution in [3.8, 4) is 0 Å². The zero-order valence-corrected chi connectivity index (χ0v) is 8.98. The molecule has 1 heterocycles. The smallest absolute Gasteiger partial charge is 0.0869 e. The standard InChI is InChI=1S/C9H18N2OS/c1-11(7-9(10)13)6-8-2-4-12-5-3-8/h8H,2-7H2,1H3,(H2,10,13). The van der Waals surface area contributed by atoms with Crippen LogP contribution in [-0.2, 0) is 4.74 Å². The lowest BCUT2D eigenvalue weighted by molar-refractivity contribution is 0.0573. The van der Waals surface area contributed by atoms with Crippen LogP contribution in [0, 0.1) is 5.92 Å². The van der Waals surface area contributed by atoms with Crippen LogP contribution < -0.4 is 5.73 Å². The summed E-state index contributed by atoms with van der Waals surface area (Å²) in [6, 6.07) is 0. The van der Waals surface area contributed by atoms with Gasteiger partial charge in [0, 0.05) is 26.3 Å². The fourth-order valence-electron chi connectivity index (χ4n) is 1.70. The first kappa shape index (κ1) is 10.9. The summed E-state index contributed by atoms with van der Waals surface area (Å²) in [5.74, 6) is 0.757. The molecule has 0 radical (unpaired) electrons. The summed E-state index contributed by atoms with van der Waals surface area (Å²) in [6.07, 6.45) is 2.34. The molecule has 1 saturated heterocycles. The van der Waals surface area contributed by atoms with E-state index in [0.717, 1.165) is 32.2 Å². The first-order valence-electron chi connectivity index (χ1n) is 4.73. The lowest BCUT2D eigenvalue weighted by Gasteiger charge is -2.26. The van der Waals surface area contributed by atoms with Gasteiger partial charge in [0.15, 0.2) is 0 Å². The number of nitrogens with zero attached hydrogens (tertiary/aromatic N) is 1. The Morgan fingerprint density at radius 1 is 1.54 bits per heavy atom. The number of hydrogen-bond donors (Lipinski definition) is 1. The van der Waals surface area contributed by atoms with E-state index in [1.54, 1.807) is 0 Å². The van der Waals surface area contributed by atoms with Gasteiger partial charge in [0.1, 0.15) is 0 Å². The van der Waals surface area contributed by atoms with E-state index in [2.05, 4.69) is 11.9 Å². The Kier molecular flexibility index (Phi) is 4.62. The molecule has 3 nitrogen and oxygen atoms in total. The molecular formula is C9H18N2OS. The average molecular weight is 202 g/mol. The van der Waals surface area contributed by atoms with Crippen LogP contribution in [0.5, 0.6) is 0 Å². The van der Waals surface area contributed by atoms with Crippen molar-refractivity contribution in [3.05, 3.63) is 0 Å². The van der Waals surface area contributed by atoms with Crippen LogP contribution in [0.3, 0.4) is 0 Å². The number of thiocarbonyl (C=S) groups is 1. The van der Waals surface area contributed by atoms with Crippen molar-refractivity contribution in [3.63, 3.8) is 0 Å². The van der Waals surface area contributed by atoms with Crippen LogP contribution in [0.4, 0.5) is 0 Å². The molecular weight excluding hydrogens is 184 g/mol. The summed E-state index contributed by atoms with van der Waals surface area (Å²) in [4.78, 5) is 2.77. The van der Waals surface area contributed by atoms with Crippen LogP contribution in [0.2, 0.25) is 0 Å². The van der Waals surface area contributed by atoms with Gasteiger partial charge in [-0.25, -0.2) is 0 Å². The summed E-state index contributed by atoms with van der Waals surface area (Å²) in [5.41, 5.74) is 5.46. The van der Waals surface area contributed by atoms with E-state index >= 15 is 0 Å². The molecule has 13 heavy (non-hydrogen) atoms. The zero-order chi connectivity index (χ0) is 9.68. The second-order valence-electron chi connectivity index (χ2n) is 3.72. The third kappa shape index (κ3) is 4.55. The van der Waals surface area contributed by atoms with Crippen molar-refractivity contribution in [2.75, 3.05) is 33.4 Å². The maximum Gasteiger partial charge on any atom is 0.0869 e. The Balaban J connectivity index is 2.18. The quantitative estimate of drug-likeness (QED) is 0.679. The van der Waals surface area contributed by atoms with E-state index in [1.165, 1.54) is 12.8 Å². The molecule has 1 fully saturated rings. The summed E-state index contributed by atoms with van der Waals surface area (Å²) >= 11 is 4.85. The van der Waals surface area contributed by atoms with Crippen LogP contribution in [0.1, 0.15) is 12.8 Å². The summed E-state index contributed by atoms with van der Waals surface area (Å²) < 4.78 is 5.29. The summed E-state index contributed by atoms with van der Waals surface area (Å²) in [7, 11) is 2.06. The molecule has 0 bridgehead atoms. The Labute approximate surface area is 85.2 Å². The Morgan fingerprint density at radius 3 is 2.69 bits per heavy atom. The molecule has 76 valence electrons. The van der Waals surface area contributed by atoms with Crippen LogP contribution in [-0.4, -0.2) is 43.2 Å². The molecule has 0 aromatic rings. The molecule has 0 aromatic carbocycles. The highest BCUT2D eigenvalue weighted by Crippen LogP contribution is 2.15. The first-order chi connectivity index (χ1) is 6.18. The van der Waals surface area contributed by atoms with Gasteiger partial charge in [0.25, 0.3) is 0 Å². The van der Waals surface area contributed by atoms with Crippen LogP contribution in [0.25, 0.3) is 0 Å².